The topological polar surface area (TPSA) is 75.1 Å². The molecule has 0 unspecified atom stereocenters. The average Bonchev–Trinajstić information content (AvgIpc) is 3.33. The molecule has 4 aromatic rings. The van der Waals surface area contributed by atoms with Crippen LogP contribution in [0.5, 0.6) is 11.7 Å². The van der Waals surface area contributed by atoms with Crippen LogP contribution < -0.4 is 14.5 Å². The van der Waals surface area contributed by atoms with Crippen LogP contribution in [0, 0.1) is 0 Å². The van der Waals surface area contributed by atoms with Crippen molar-refractivity contribution in [2.75, 3.05) is 7.11 Å². The smallest absolute Gasteiger partial charge is 0.289 e. The minimum absolute atomic E-state index is 0.266. The van der Waals surface area contributed by atoms with Crippen LogP contribution in [-0.4, -0.2) is 17.4 Å². The van der Waals surface area contributed by atoms with Crippen LogP contribution in [0.2, 0.25) is 5.02 Å². The summed E-state index contributed by atoms with van der Waals surface area (Å²) in [5.41, 5.74) is 2.44. The van der Waals surface area contributed by atoms with Gasteiger partial charge in [0, 0.05) is 22.5 Å². The molecule has 8 heteroatoms. The molecule has 0 aliphatic rings. The Hall–Kier alpha value is -3.16. The van der Waals surface area contributed by atoms with Crippen LogP contribution >= 0.6 is 22.9 Å². The van der Waals surface area contributed by atoms with Crippen LogP contribution in [0.3, 0.4) is 0 Å². The van der Waals surface area contributed by atoms with Gasteiger partial charge in [0.25, 0.3) is 5.69 Å². The van der Waals surface area contributed by atoms with Crippen LogP contribution in [0.1, 0.15) is 10.6 Å². The lowest BCUT2D eigenvalue weighted by molar-refractivity contribution is -0.660. The van der Waals surface area contributed by atoms with E-state index in [4.69, 9.17) is 20.9 Å². The summed E-state index contributed by atoms with van der Waals surface area (Å²) in [4.78, 5) is 4.53. The molecular formula is C20H14ClN3O3S. The number of hydrogen-bond acceptors (Lipinski definition) is 6. The highest BCUT2D eigenvalue weighted by molar-refractivity contribution is 7.10. The fourth-order valence-electron chi connectivity index (χ4n) is 2.58. The average molecular weight is 412 g/mol. The van der Waals surface area contributed by atoms with E-state index in [9.17, 15) is 5.11 Å². The monoisotopic (exact) mass is 411 g/mol. The summed E-state index contributed by atoms with van der Waals surface area (Å²) in [5.74, 6) is 0.252. The van der Waals surface area contributed by atoms with E-state index < -0.39 is 5.95 Å². The first-order valence-corrected chi connectivity index (χ1v) is 9.53. The molecule has 4 rings (SSSR count). The third-order valence-corrected chi connectivity index (χ3v) is 5.04. The maximum Gasteiger partial charge on any atom is 0.289 e. The standard InChI is InChI=1S/C20H14ClN3O3S/c1-26-16-9-2-13(3-10-16)4-11-18-22-17(12-28-18)19-20(25)27-23-24(19)15-7-5-14(21)6-8-15/h2-12H,1H3/b11-4+. The molecule has 0 N–H and O–H groups in total. The Labute approximate surface area is 169 Å². The van der Waals surface area contributed by atoms with E-state index in [0.717, 1.165) is 16.3 Å². The fraction of sp³-hybridized carbons (Fsp3) is 0.0500. The zero-order valence-electron chi connectivity index (χ0n) is 14.7. The van der Waals surface area contributed by atoms with Gasteiger partial charge in [-0.1, -0.05) is 29.8 Å². The molecular weight excluding hydrogens is 398 g/mol. The molecule has 2 aromatic heterocycles. The lowest BCUT2D eigenvalue weighted by atomic mass is 10.2. The highest BCUT2D eigenvalue weighted by atomic mass is 35.5. The Morgan fingerprint density at radius 3 is 2.57 bits per heavy atom. The van der Waals surface area contributed by atoms with Crippen molar-refractivity contribution in [2.24, 2.45) is 0 Å². The number of methoxy groups -OCH3 is 1. The minimum Gasteiger partial charge on any atom is -0.539 e. The SMILES string of the molecule is COc1ccc(/C=C/c2nc(-c3c([O-])on[n+]3-c3ccc(Cl)cc3)cs2)cc1. The summed E-state index contributed by atoms with van der Waals surface area (Å²) in [5, 5.41) is 19.2. The predicted molar refractivity (Wildman–Crippen MR) is 106 cm³/mol. The van der Waals surface area contributed by atoms with Gasteiger partial charge in [-0.2, -0.15) is 0 Å². The summed E-state index contributed by atoms with van der Waals surface area (Å²) >= 11 is 7.35. The molecule has 0 fully saturated rings. The van der Waals surface area contributed by atoms with Crippen LogP contribution in [0.4, 0.5) is 0 Å². The van der Waals surface area contributed by atoms with Crippen LogP contribution in [-0.2, 0) is 0 Å². The normalized spacial score (nSPS) is 11.2. The lowest BCUT2D eigenvalue weighted by Crippen LogP contribution is -2.34. The molecule has 0 saturated carbocycles. The number of ether oxygens (including phenoxy) is 1. The van der Waals surface area contributed by atoms with E-state index in [2.05, 4.69) is 10.3 Å². The van der Waals surface area contributed by atoms with Crippen LogP contribution in [0.25, 0.3) is 29.2 Å². The molecule has 2 aromatic carbocycles. The maximum absolute atomic E-state index is 12.2. The van der Waals surface area contributed by atoms with Crippen molar-refractivity contribution >= 4 is 35.1 Å². The van der Waals surface area contributed by atoms with E-state index in [0.29, 0.717) is 16.4 Å². The minimum atomic E-state index is -0.550. The molecule has 0 amide bonds. The Bertz CT molecular complexity index is 1120. The summed E-state index contributed by atoms with van der Waals surface area (Å²) in [7, 11) is 1.63. The Morgan fingerprint density at radius 2 is 1.86 bits per heavy atom. The van der Waals surface area contributed by atoms with Gasteiger partial charge in [-0.25, -0.2) is 4.98 Å². The molecule has 28 heavy (non-hydrogen) atoms. The number of benzene rings is 2. The third-order valence-electron chi connectivity index (χ3n) is 3.98. The first-order valence-electron chi connectivity index (χ1n) is 8.27. The van der Waals surface area contributed by atoms with E-state index in [1.54, 1.807) is 36.8 Å². The van der Waals surface area contributed by atoms with Gasteiger partial charge in [-0.05, 0) is 40.6 Å². The highest BCUT2D eigenvalue weighted by Gasteiger charge is 2.24. The van der Waals surface area contributed by atoms with Crippen molar-refractivity contribution in [3.05, 3.63) is 69.5 Å². The number of rotatable bonds is 5. The first kappa shape index (κ1) is 18.2. The van der Waals surface area contributed by atoms with E-state index in [-0.39, 0.29) is 5.69 Å². The Kier molecular flexibility index (Phi) is 5.10. The van der Waals surface area contributed by atoms with Gasteiger partial charge in [0.15, 0.2) is 11.6 Å². The van der Waals surface area contributed by atoms with Crippen LogP contribution in [0.15, 0.2) is 58.4 Å². The second kappa shape index (κ2) is 7.84. The van der Waals surface area contributed by atoms with Crippen molar-refractivity contribution in [3.8, 4) is 28.8 Å². The van der Waals surface area contributed by atoms with Crippen molar-refractivity contribution in [3.63, 3.8) is 0 Å². The largest absolute Gasteiger partial charge is 0.539 e. The molecule has 2 heterocycles. The molecule has 0 radical (unpaired) electrons. The molecule has 140 valence electrons. The molecule has 0 atom stereocenters. The fourth-order valence-corrected chi connectivity index (χ4v) is 3.40. The molecule has 0 aliphatic heterocycles. The molecule has 0 aliphatic carbocycles. The first-order chi connectivity index (χ1) is 13.6. The second-order valence-corrected chi connectivity index (χ2v) is 7.10. The second-order valence-electron chi connectivity index (χ2n) is 5.77. The zero-order valence-corrected chi connectivity index (χ0v) is 16.3. The van der Waals surface area contributed by atoms with E-state index in [1.807, 2.05) is 36.4 Å². The predicted octanol–water partition coefficient (Wildman–Crippen LogP) is 3.98. The van der Waals surface area contributed by atoms with Crippen molar-refractivity contribution in [1.82, 2.24) is 10.3 Å². The lowest BCUT2D eigenvalue weighted by Gasteiger charge is -1.98. The van der Waals surface area contributed by atoms with Gasteiger partial charge in [0.2, 0.25) is 5.69 Å². The van der Waals surface area contributed by atoms with Gasteiger partial charge >= 0.3 is 0 Å². The summed E-state index contributed by atoms with van der Waals surface area (Å²) in [6, 6.07) is 14.6. The van der Waals surface area contributed by atoms with Gasteiger partial charge in [-0.3, -0.25) is 0 Å². The molecule has 0 bridgehead atoms. The number of hydrogen-bond donors (Lipinski definition) is 0. The van der Waals surface area contributed by atoms with Crippen molar-refractivity contribution < 1.29 is 19.0 Å². The summed E-state index contributed by atoms with van der Waals surface area (Å²) in [6.07, 6.45) is 3.83. The van der Waals surface area contributed by atoms with Gasteiger partial charge in [-0.15, -0.1) is 11.3 Å². The number of thiazole rings is 1. The summed E-state index contributed by atoms with van der Waals surface area (Å²) < 4.78 is 11.4. The van der Waals surface area contributed by atoms with Gasteiger partial charge in [0.1, 0.15) is 10.8 Å². The highest BCUT2D eigenvalue weighted by Crippen LogP contribution is 2.27. The van der Waals surface area contributed by atoms with E-state index >= 15 is 0 Å². The van der Waals surface area contributed by atoms with E-state index in [1.165, 1.54) is 16.0 Å². The van der Waals surface area contributed by atoms with Gasteiger partial charge < -0.3 is 14.4 Å². The molecule has 6 nitrogen and oxygen atoms in total. The number of aromatic nitrogens is 3. The quantitative estimate of drug-likeness (QED) is 0.464. The molecule has 0 spiro atoms. The maximum atomic E-state index is 12.2. The van der Waals surface area contributed by atoms with Crippen molar-refractivity contribution in [2.45, 2.75) is 0 Å². The number of halogens is 1. The Morgan fingerprint density at radius 1 is 1.11 bits per heavy atom. The molecule has 0 saturated heterocycles. The Balaban J connectivity index is 1.61. The van der Waals surface area contributed by atoms with Crippen molar-refractivity contribution in [1.29, 1.82) is 0 Å². The van der Waals surface area contributed by atoms with Gasteiger partial charge in [0.05, 0.1) is 12.4 Å². The summed E-state index contributed by atoms with van der Waals surface area (Å²) in [6.45, 7) is 0. The zero-order chi connectivity index (χ0) is 19.5. The number of nitrogens with zero attached hydrogens (tertiary/aromatic N) is 3. The third kappa shape index (κ3) is 3.76.